The minimum atomic E-state index is -0.763. The Morgan fingerprint density at radius 1 is 1.41 bits per heavy atom. The topological polar surface area (TPSA) is 116 Å². The molecule has 0 fully saturated rings. The number of esters is 1. The lowest BCUT2D eigenvalue weighted by Crippen LogP contribution is -2.05. The fourth-order valence-electron chi connectivity index (χ4n) is 1.71. The van der Waals surface area contributed by atoms with E-state index in [9.17, 15) is 9.18 Å². The Labute approximate surface area is 125 Å². The van der Waals surface area contributed by atoms with Gasteiger partial charge in [-0.25, -0.2) is 19.2 Å². The third kappa shape index (κ3) is 3.54. The van der Waals surface area contributed by atoms with Gasteiger partial charge in [0.1, 0.15) is 11.9 Å². The summed E-state index contributed by atoms with van der Waals surface area (Å²) in [5.74, 6) is -1.78. The van der Waals surface area contributed by atoms with Gasteiger partial charge >= 0.3 is 5.97 Å². The molecule has 2 aromatic rings. The van der Waals surface area contributed by atoms with Crippen LogP contribution in [0, 0.1) is 5.82 Å². The number of nitrogens with zero attached hydrogens (tertiary/aromatic N) is 3. The zero-order valence-electron chi connectivity index (χ0n) is 11.8. The fourth-order valence-corrected chi connectivity index (χ4v) is 1.71. The van der Waals surface area contributed by atoms with Gasteiger partial charge in [-0.1, -0.05) is 12.1 Å². The third-order valence-corrected chi connectivity index (χ3v) is 2.62. The van der Waals surface area contributed by atoms with Crippen molar-refractivity contribution in [2.24, 2.45) is 4.99 Å². The molecule has 0 atom stereocenters. The molecule has 22 heavy (non-hydrogen) atoms. The summed E-state index contributed by atoms with van der Waals surface area (Å²) >= 11 is 0. The smallest absolute Gasteiger partial charge is 0.349 e. The highest BCUT2D eigenvalue weighted by Gasteiger charge is 2.13. The van der Waals surface area contributed by atoms with Crippen molar-refractivity contribution in [3.8, 4) is 11.3 Å². The maximum Gasteiger partial charge on any atom is 0.349 e. The first kappa shape index (κ1) is 15.4. The second-order valence-corrected chi connectivity index (χ2v) is 4.19. The lowest BCUT2D eigenvalue weighted by molar-refractivity contribution is -0.134. The van der Waals surface area contributed by atoms with Crippen molar-refractivity contribution in [2.75, 3.05) is 18.1 Å². The molecular weight excluding hydrogens is 289 g/mol. The minimum absolute atomic E-state index is 0.0295. The Morgan fingerprint density at radius 2 is 2.18 bits per heavy atom. The third-order valence-electron chi connectivity index (χ3n) is 2.62. The maximum atomic E-state index is 14.0. The highest BCUT2D eigenvalue weighted by Crippen LogP contribution is 2.27. The number of nitrogens with two attached hydrogens (primary N) is 2. The number of hydrogen-bond donors (Lipinski definition) is 2. The van der Waals surface area contributed by atoms with E-state index >= 15 is 0 Å². The molecular formula is C14H14FN5O2. The van der Waals surface area contributed by atoms with Crippen LogP contribution >= 0.6 is 0 Å². The van der Waals surface area contributed by atoms with Gasteiger partial charge in [0.05, 0.1) is 12.3 Å². The zero-order chi connectivity index (χ0) is 16.1. The number of aromatic nitrogens is 2. The van der Waals surface area contributed by atoms with E-state index in [0.717, 1.165) is 6.21 Å². The Hall–Kier alpha value is -3.03. The van der Waals surface area contributed by atoms with E-state index in [0.29, 0.717) is 11.3 Å². The van der Waals surface area contributed by atoms with Gasteiger partial charge in [-0.3, -0.25) is 0 Å². The molecule has 0 spiro atoms. The van der Waals surface area contributed by atoms with Crippen molar-refractivity contribution in [3.63, 3.8) is 0 Å². The number of aliphatic imine (C=N–C) groups is 1. The van der Waals surface area contributed by atoms with E-state index in [1.54, 1.807) is 31.2 Å². The number of hydrogen-bond acceptors (Lipinski definition) is 7. The van der Waals surface area contributed by atoms with Crippen LogP contribution in [0.4, 0.5) is 21.8 Å². The molecule has 1 heterocycles. The number of rotatable bonds is 4. The van der Waals surface area contributed by atoms with Crippen molar-refractivity contribution in [2.45, 2.75) is 6.92 Å². The van der Waals surface area contributed by atoms with E-state index in [1.165, 1.54) is 0 Å². The summed E-state index contributed by atoms with van der Waals surface area (Å²) in [6.45, 7) is 1.95. The minimum Gasteiger partial charge on any atom is -0.462 e. The summed E-state index contributed by atoms with van der Waals surface area (Å²) in [5, 5.41) is 0. The summed E-state index contributed by atoms with van der Waals surface area (Å²) in [4.78, 5) is 22.6. The molecule has 0 amide bonds. The van der Waals surface area contributed by atoms with Gasteiger partial charge in [0, 0.05) is 5.56 Å². The molecule has 0 unspecified atom stereocenters. The fraction of sp³-hybridized carbons (Fsp3) is 0.143. The van der Waals surface area contributed by atoms with Crippen molar-refractivity contribution < 1.29 is 13.9 Å². The molecule has 0 saturated carbocycles. The molecule has 8 heteroatoms. The largest absolute Gasteiger partial charge is 0.462 e. The van der Waals surface area contributed by atoms with Crippen molar-refractivity contribution in [1.82, 2.24) is 9.97 Å². The molecule has 7 nitrogen and oxygen atoms in total. The number of halogens is 1. The molecule has 1 aromatic carbocycles. The van der Waals surface area contributed by atoms with Crippen LogP contribution in [-0.4, -0.2) is 28.8 Å². The van der Waals surface area contributed by atoms with Gasteiger partial charge in [0.2, 0.25) is 5.95 Å². The molecule has 0 aliphatic rings. The summed E-state index contributed by atoms with van der Waals surface area (Å²) in [6, 6.07) is 6.44. The second kappa shape index (κ2) is 6.61. The average Bonchev–Trinajstić information content (AvgIpc) is 2.49. The van der Waals surface area contributed by atoms with Crippen LogP contribution in [-0.2, 0) is 9.53 Å². The molecule has 0 bridgehead atoms. The Balaban J connectivity index is 2.35. The first-order valence-corrected chi connectivity index (χ1v) is 6.41. The first-order valence-electron chi connectivity index (χ1n) is 6.41. The number of anilines is 2. The van der Waals surface area contributed by atoms with E-state index in [2.05, 4.69) is 15.0 Å². The van der Waals surface area contributed by atoms with Crippen LogP contribution in [0.25, 0.3) is 11.3 Å². The van der Waals surface area contributed by atoms with Crippen LogP contribution in [0.1, 0.15) is 6.92 Å². The summed E-state index contributed by atoms with van der Waals surface area (Å²) in [7, 11) is 0. The summed E-state index contributed by atoms with van der Waals surface area (Å²) in [6.07, 6.45) is 1.04. The van der Waals surface area contributed by atoms with E-state index in [1.807, 2.05) is 0 Å². The summed E-state index contributed by atoms with van der Waals surface area (Å²) < 4.78 is 18.7. The molecule has 0 aliphatic heterocycles. The van der Waals surface area contributed by atoms with Gasteiger partial charge in [-0.15, -0.1) is 0 Å². The van der Waals surface area contributed by atoms with E-state index in [-0.39, 0.29) is 24.1 Å². The molecule has 0 aliphatic carbocycles. The number of nitrogen functional groups attached to an aromatic ring is 2. The molecule has 1 aromatic heterocycles. The molecule has 114 valence electrons. The Kier molecular flexibility index (Phi) is 4.62. The van der Waals surface area contributed by atoms with Crippen LogP contribution in [0.2, 0.25) is 0 Å². The van der Waals surface area contributed by atoms with Gasteiger partial charge in [0.25, 0.3) is 0 Å². The van der Waals surface area contributed by atoms with Crippen LogP contribution in [0.5, 0.6) is 0 Å². The monoisotopic (exact) mass is 303 g/mol. The molecule has 4 N–H and O–H groups in total. The van der Waals surface area contributed by atoms with Gasteiger partial charge < -0.3 is 16.2 Å². The lowest BCUT2D eigenvalue weighted by atomic mass is 10.1. The number of carbonyl (C=O) groups excluding carboxylic acids is 1. The van der Waals surface area contributed by atoms with Crippen molar-refractivity contribution in [3.05, 3.63) is 30.1 Å². The first-order chi connectivity index (χ1) is 10.5. The Morgan fingerprint density at radius 3 is 2.91 bits per heavy atom. The normalized spacial score (nSPS) is 10.8. The van der Waals surface area contributed by atoms with Crippen LogP contribution < -0.4 is 11.5 Å². The predicted molar refractivity (Wildman–Crippen MR) is 81.0 cm³/mol. The quantitative estimate of drug-likeness (QED) is 0.656. The predicted octanol–water partition coefficient (Wildman–Crippen LogP) is 1.71. The van der Waals surface area contributed by atoms with Gasteiger partial charge in [-0.05, 0) is 19.1 Å². The van der Waals surface area contributed by atoms with Gasteiger partial charge in [0.15, 0.2) is 11.6 Å². The average molecular weight is 303 g/mol. The van der Waals surface area contributed by atoms with Crippen molar-refractivity contribution >= 4 is 29.6 Å². The van der Waals surface area contributed by atoms with Crippen LogP contribution in [0.15, 0.2) is 29.3 Å². The summed E-state index contributed by atoms with van der Waals surface area (Å²) in [5.41, 5.74) is 11.7. The van der Waals surface area contributed by atoms with Gasteiger partial charge in [-0.2, -0.15) is 4.98 Å². The molecule has 0 saturated heterocycles. The van der Waals surface area contributed by atoms with E-state index < -0.39 is 11.8 Å². The number of benzene rings is 1. The second-order valence-electron chi connectivity index (χ2n) is 4.19. The highest BCUT2D eigenvalue weighted by molar-refractivity contribution is 6.23. The SMILES string of the molecule is CCOC(=O)C=Nc1cccc(-c2nc(N)nc(N)c2F)c1. The van der Waals surface area contributed by atoms with Crippen LogP contribution in [0.3, 0.4) is 0 Å². The maximum absolute atomic E-state index is 14.0. The molecule has 0 radical (unpaired) electrons. The number of carbonyl (C=O) groups is 1. The highest BCUT2D eigenvalue weighted by atomic mass is 19.1. The molecule has 2 rings (SSSR count). The lowest BCUT2D eigenvalue weighted by Gasteiger charge is -2.06. The Bertz CT molecular complexity index is 733. The van der Waals surface area contributed by atoms with E-state index in [4.69, 9.17) is 16.2 Å². The number of ether oxygens (including phenoxy) is 1. The zero-order valence-corrected chi connectivity index (χ0v) is 11.8. The van der Waals surface area contributed by atoms with Crippen molar-refractivity contribution in [1.29, 1.82) is 0 Å². The standard InChI is InChI=1S/C14H14FN5O2/c1-2-22-10(21)7-18-9-5-3-4-8(6-9)12-11(15)13(16)20-14(17)19-12/h3-7H,2H2,1H3,(H4,16,17,19,20).